The number of ether oxygens (including phenoxy) is 1. The van der Waals surface area contributed by atoms with E-state index in [2.05, 4.69) is 32.9 Å². The smallest absolute Gasteiger partial charge is 0.103 e. The van der Waals surface area contributed by atoms with Crippen molar-refractivity contribution in [3.63, 3.8) is 0 Å². The van der Waals surface area contributed by atoms with Crippen LogP contribution in [0.4, 0.5) is 0 Å². The molecule has 0 fully saturated rings. The van der Waals surface area contributed by atoms with E-state index in [1.165, 1.54) is 19.3 Å². The number of unbranched alkanes of at least 4 members (excludes halogenated alkanes) is 3. The van der Waals surface area contributed by atoms with Gasteiger partial charge in [0, 0.05) is 0 Å². The van der Waals surface area contributed by atoms with Crippen LogP contribution in [-0.4, -0.2) is 22.9 Å². The first-order chi connectivity index (χ1) is 8.17. The molecular weight excluding hydrogens is 212 g/mol. The van der Waals surface area contributed by atoms with Crippen molar-refractivity contribution < 1.29 is 9.84 Å². The van der Waals surface area contributed by atoms with Crippen LogP contribution in [0, 0.1) is 0 Å². The summed E-state index contributed by atoms with van der Waals surface area (Å²) in [6.07, 6.45) is 11.4. The molecule has 17 heavy (non-hydrogen) atoms. The Morgan fingerprint density at radius 1 is 1.18 bits per heavy atom. The van der Waals surface area contributed by atoms with Crippen molar-refractivity contribution in [2.45, 2.75) is 83.5 Å². The molecule has 1 aliphatic heterocycles. The van der Waals surface area contributed by atoms with Gasteiger partial charge >= 0.3 is 0 Å². The minimum atomic E-state index is -0.330. The minimum absolute atomic E-state index is 0.0865. The van der Waals surface area contributed by atoms with Crippen LogP contribution in [0.3, 0.4) is 0 Å². The zero-order chi connectivity index (χ0) is 12.7. The van der Waals surface area contributed by atoms with Gasteiger partial charge in [-0.05, 0) is 19.3 Å². The summed E-state index contributed by atoms with van der Waals surface area (Å²) < 4.78 is 6.01. The van der Waals surface area contributed by atoms with Gasteiger partial charge in [0.1, 0.15) is 6.10 Å². The molecule has 0 aromatic carbocycles. The topological polar surface area (TPSA) is 29.5 Å². The van der Waals surface area contributed by atoms with E-state index < -0.39 is 0 Å². The Balaban J connectivity index is 2.31. The number of hydrogen-bond acceptors (Lipinski definition) is 2. The van der Waals surface area contributed by atoms with Gasteiger partial charge in [0.2, 0.25) is 0 Å². The average molecular weight is 240 g/mol. The predicted molar refractivity (Wildman–Crippen MR) is 72.1 cm³/mol. The Morgan fingerprint density at radius 3 is 2.41 bits per heavy atom. The monoisotopic (exact) mass is 240 g/mol. The van der Waals surface area contributed by atoms with E-state index in [0.29, 0.717) is 0 Å². The molecule has 0 amide bonds. The SMILES string of the molecule is CCCCCC[C@H](O)[C@@H]1C=CC(CC)(CC)O1. The van der Waals surface area contributed by atoms with E-state index in [0.717, 1.165) is 25.7 Å². The number of rotatable bonds is 8. The highest BCUT2D eigenvalue weighted by molar-refractivity contribution is 5.12. The van der Waals surface area contributed by atoms with Crippen LogP contribution in [0.15, 0.2) is 12.2 Å². The van der Waals surface area contributed by atoms with Crippen molar-refractivity contribution in [3.8, 4) is 0 Å². The lowest BCUT2D eigenvalue weighted by Crippen LogP contribution is -2.33. The van der Waals surface area contributed by atoms with E-state index in [-0.39, 0.29) is 17.8 Å². The summed E-state index contributed by atoms with van der Waals surface area (Å²) in [4.78, 5) is 0. The van der Waals surface area contributed by atoms with Crippen molar-refractivity contribution in [2.75, 3.05) is 0 Å². The van der Waals surface area contributed by atoms with Crippen LogP contribution >= 0.6 is 0 Å². The lowest BCUT2D eigenvalue weighted by molar-refractivity contribution is -0.0795. The molecule has 1 N–H and O–H groups in total. The Kier molecular flexibility index (Phi) is 6.21. The maximum absolute atomic E-state index is 10.1. The number of hydrogen-bond donors (Lipinski definition) is 1. The summed E-state index contributed by atoms with van der Waals surface area (Å²) in [5.74, 6) is 0. The predicted octanol–water partition coefficient (Wildman–Crippen LogP) is 3.83. The lowest BCUT2D eigenvalue weighted by atomic mass is 9.98. The molecule has 100 valence electrons. The lowest BCUT2D eigenvalue weighted by Gasteiger charge is -2.28. The van der Waals surface area contributed by atoms with Crippen molar-refractivity contribution in [1.82, 2.24) is 0 Å². The van der Waals surface area contributed by atoms with Gasteiger partial charge in [0.15, 0.2) is 0 Å². The first-order valence-corrected chi connectivity index (χ1v) is 7.22. The van der Waals surface area contributed by atoms with Gasteiger partial charge in [-0.1, -0.05) is 58.6 Å². The molecule has 2 atom stereocenters. The fourth-order valence-corrected chi connectivity index (χ4v) is 2.42. The molecule has 2 heteroatoms. The summed E-state index contributed by atoms with van der Waals surface area (Å²) in [5, 5.41) is 10.1. The molecular formula is C15H28O2. The molecule has 0 radical (unpaired) electrons. The minimum Gasteiger partial charge on any atom is -0.390 e. The maximum atomic E-state index is 10.1. The standard InChI is InChI=1S/C15H28O2/c1-4-7-8-9-10-13(16)14-11-12-15(5-2,6-3)17-14/h11-14,16H,4-10H2,1-3H3/t13-,14-/m0/s1. The van der Waals surface area contributed by atoms with Gasteiger partial charge in [0.25, 0.3) is 0 Å². The molecule has 0 aliphatic carbocycles. The Bertz CT molecular complexity index is 231. The largest absolute Gasteiger partial charge is 0.390 e. The van der Waals surface area contributed by atoms with E-state index in [1.54, 1.807) is 0 Å². The van der Waals surface area contributed by atoms with Crippen molar-refractivity contribution in [3.05, 3.63) is 12.2 Å². The summed E-state index contributed by atoms with van der Waals surface area (Å²) >= 11 is 0. The quantitative estimate of drug-likeness (QED) is 0.516. The Morgan fingerprint density at radius 2 is 1.88 bits per heavy atom. The number of aliphatic hydroxyl groups excluding tert-OH is 1. The second-order valence-corrected chi connectivity index (χ2v) is 5.13. The van der Waals surface area contributed by atoms with Crippen LogP contribution in [0.2, 0.25) is 0 Å². The Labute approximate surface area is 106 Å². The molecule has 2 nitrogen and oxygen atoms in total. The zero-order valence-corrected chi connectivity index (χ0v) is 11.6. The van der Waals surface area contributed by atoms with Gasteiger partial charge in [-0.25, -0.2) is 0 Å². The van der Waals surface area contributed by atoms with Crippen molar-refractivity contribution >= 4 is 0 Å². The van der Waals surface area contributed by atoms with Gasteiger partial charge in [-0.3, -0.25) is 0 Å². The average Bonchev–Trinajstić information content (AvgIpc) is 2.79. The van der Waals surface area contributed by atoms with E-state index in [1.807, 2.05) is 0 Å². The van der Waals surface area contributed by atoms with Crippen LogP contribution in [0.1, 0.15) is 65.7 Å². The Hall–Kier alpha value is -0.340. The fraction of sp³-hybridized carbons (Fsp3) is 0.867. The molecule has 0 unspecified atom stereocenters. The summed E-state index contributed by atoms with van der Waals surface area (Å²) in [5.41, 5.74) is -0.116. The molecule has 0 saturated heterocycles. The molecule has 0 aromatic rings. The third kappa shape index (κ3) is 4.11. The molecule has 1 heterocycles. The van der Waals surface area contributed by atoms with Crippen LogP contribution in [0.25, 0.3) is 0 Å². The second kappa shape index (κ2) is 7.17. The van der Waals surface area contributed by atoms with Crippen LogP contribution < -0.4 is 0 Å². The van der Waals surface area contributed by atoms with Crippen LogP contribution in [0.5, 0.6) is 0 Å². The molecule has 0 spiro atoms. The summed E-state index contributed by atoms with van der Waals surface area (Å²) in [6, 6.07) is 0. The van der Waals surface area contributed by atoms with E-state index in [4.69, 9.17) is 4.74 Å². The first kappa shape index (κ1) is 14.7. The van der Waals surface area contributed by atoms with Gasteiger partial charge in [-0.2, -0.15) is 0 Å². The van der Waals surface area contributed by atoms with Gasteiger partial charge < -0.3 is 9.84 Å². The highest BCUT2D eigenvalue weighted by atomic mass is 16.5. The van der Waals surface area contributed by atoms with Crippen molar-refractivity contribution in [2.24, 2.45) is 0 Å². The molecule has 1 rings (SSSR count). The third-order valence-corrected chi connectivity index (χ3v) is 3.89. The van der Waals surface area contributed by atoms with Crippen molar-refractivity contribution in [1.29, 1.82) is 0 Å². The highest BCUT2D eigenvalue weighted by Crippen LogP contribution is 2.32. The summed E-state index contributed by atoms with van der Waals surface area (Å²) in [6.45, 7) is 6.49. The van der Waals surface area contributed by atoms with E-state index in [9.17, 15) is 5.11 Å². The van der Waals surface area contributed by atoms with Gasteiger partial charge in [-0.15, -0.1) is 0 Å². The van der Waals surface area contributed by atoms with Crippen LogP contribution in [-0.2, 0) is 4.74 Å². The van der Waals surface area contributed by atoms with E-state index >= 15 is 0 Å². The normalized spacial score (nSPS) is 24.1. The number of aliphatic hydroxyl groups is 1. The molecule has 1 aliphatic rings. The zero-order valence-electron chi connectivity index (χ0n) is 11.6. The first-order valence-electron chi connectivity index (χ1n) is 7.22. The summed E-state index contributed by atoms with van der Waals surface area (Å²) in [7, 11) is 0. The molecule has 0 saturated carbocycles. The highest BCUT2D eigenvalue weighted by Gasteiger charge is 2.34. The fourth-order valence-electron chi connectivity index (χ4n) is 2.42. The van der Waals surface area contributed by atoms with Gasteiger partial charge in [0.05, 0.1) is 11.7 Å². The molecule has 0 aromatic heterocycles. The third-order valence-electron chi connectivity index (χ3n) is 3.89. The second-order valence-electron chi connectivity index (χ2n) is 5.13. The molecule has 0 bridgehead atoms. The maximum Gasteiger partial charge on any atom is 0.103 e.